The molecular formula is C14H8BrN3O3. The monoisotopic (exact) mass is 345 g/mol. The molecule has 0 radical (unpaired) electrons. The molecule has 7 heteroatoms. The number of carbonyl (C=O) groups excluding carboxylic acids is 1. The Bertz CT molecular complexity index is 856. The zero-order valence-corrected chi connectivity index (χ0v) is 12.1. The number of fused-ring (bicyclic) bond motifs is 1. The summed E-state index contributed by atoms with van der Waals surface area (Å²) in [6, 6.07) is 10.1. The third kappa shape index (κ3) is 2.21. The van der Waals surface area contributed by atoms with Crippen molar-refractivity contribution in [3.63, 3.8) is 0 Å². The van der Waals surface area contributed by atoms with Gasteiger partial charge in [-0.05, 0) is 18.2 Å². The Labute approximate surface area is 127 Å². The van der Waals surface area contributed by atoms with Gasteiger partial charge in [-0.1, -0.05) is 28.1 Å². The fourth-order valence-electron chi connectivity index (χ4n) is 2.15. The summed E-state index contributed by atoms with van der Waals surface area (Å²) in [6.45, 7) is 0. The normalized spacial score (nSPS) is 10.7. The van der Waals surface area contributed by atoms with E-state index in [2.05, 4.69) is 20.9 Å². The van der Waals surface area contributed by atoms with Crippen LogP contribution in [-0.4, -0.2) is 20.6 Å². The first-order chi connectivity index (χ1) is 10.1. The number of rotatable bonds is 3. The molecule has 0 fully saturated rings. The van der Waals surface area contributed by atoms with E-state index < -0.39 is 4.92 Å². The number of hydrogen-bond acceptors (Lipinski definition) is 4. The van der Waals surface area contributed by atoms with E-state index >= 15 is 0 Å². The van der Waals surface area contributed by atoms with Gasteiger partial charge in [-0.15, -0.1) is 0 Å². The van der Waals surface area contributed by atoms with Crippen molar-refractivity contribution in [3.8, 4) is 11.3 Å². The maximum atomic E-state index is 11.4. The van der Waals surface area contributed by atoms with Crippen LogP contribution in [0.3, 0.4) is 0 Å². The molecule has 0 unspecified atom stereocenters. The Morgan fingerprint density at radius 1 is 1.24 bits per heavy atom. The molecule has 0 saturated carbocycles. The minimum Gasteiger partial charge on any atom is -0.296 e. The molecule has 3 rings (SSSR count). The quantitative estimate of drug-likeness (QED) is 0.413. The molecule has 0 N–H and O–H groups in total. The number of hydrogen-bond donors (Lipinski definition) is 0. The lowest BCUT2D eigenvalue weighted by molar-refractivity contribution is -0.383. The van der Waals surface area contributed by atoms with Crippen molar-refractivity contribution < 1.29 is 9.72 Å². The number of pyridine rings is 1. The third-order valence-corrected chi connectivity index (χ3v) is 3.62. The lowest BCUT2D eigenvalue weighted by atomic mass is 10.1. The second kappa shape index (κ2) is 5.10. The van der Waals surface area contributed by atoms with Crippen molar-refractivity contribution in [2.45, 2.75) is 0 Å². The minimum atomic E-state index is -0.512. The molecule has 0 aliphatic rings. The molecule has 3 aromatic rings. The van der Waals surface area contributed by atoms with Crippen molar-refractivity contribution in [1.29, 1.82) is 0 Å². The highest BCUT2D eigenvalue weighted by Crippen LogP contribution is 2.28. The van der Waals surface area contributed by atoms with E-state index in [-0.39, 0.29) is 17.0 Å². The van der Waals surface area contributed by atoms with Gasteiger partial charge in [0.15, 0.2) is 6.29 Å². The van der Waals surface area contributed by atoms with Crippen LogP contribution in [0, 0.1) is 10.1 Å². The summed E-state index contributed by atoms with van der Waals surface area (Å²) in [5.41, 5.74) is 1.45. The highest BCUT2D eigenvalue weighted by molar-refractivity contribution is 9.10. The van der Waals surface area contributed by atoms with Crippen LogP contribution in [0.15, 0.2) is 47.1 Å². The lowest BCUT2D eigenvalue weighted by Gasteiger charge is -1.98. The van der Waals surface area contributed by atoms with Gasteiger partial charge in [-0.25, -0.2) is 4.98 Å². The predicted molar refractivity (Wildman–Crippen MR) is 80.4 cm³/mol. The average molecular weight is 346 g/mol. The molecule has 21 heavy (non-hydrogen) atoms. The summed E-state index contributed by atoms with van der Waals surface area (Å²) < 4.78 is 2.33. The van der Waals surface area contributed by atoms with Crippen LogP contribution in [0.2, 0.25) is 0 Å². The van der Waals surface area contributed by atoms with Gasteiger partial charge in [0.05, 0.1) is 4.92 Å². The summed E-state index contributed by atoms with van der Waals surface area (Å²) in [7, 11) is 0. The molecule has 0 atom stereocenters. The lowest BCUT2D eigenvalue weighted by Crippen LogP contribution is -1.95. The molecule has 0 amide bonds. The summed E-state index contributed by atoms with van der Waals surface area (Å²) in [4.78, 5) is 26.2. The molecule has 0 saturated heterocycles. The topological polar surface area (TPSA) is 77.5 Å². The molecule has 6 nitrogen and oxygen atoms in total. The number of imidazole rings is 1. The van der Waals surface area contributed by atoms with Crippen molar-refractivity contribution in [2.75, 3.05) is 0 Å². The van der Waals surface area contributed by atoms with Crippen molar-refractivity contribution in [2.24, 2.45) is 0 Å². The van der Waals surface area contributed by atoms with Crippen molar-refractivity contribution in [3.05, 3.63) is 62.9 Å². The van der Waals surface area contributed by atoms with Crippen LogP contribution in [0.25, 0.3) is 16.9 Å². The number of aromatic nitrogens is 2. The number of nitro groups is 1. The van der Waals surface area contributed by atoms with Crippen molar-refractivity contribution >= 4 is 33.6 Å². The van der Waals surface area contributed by atoms with E-state index in [9.17, 15) is 14.9 Å². The highest BCUT2D eigenvalue weighted by atomic mass is 79.9. The van der Waals surface area contributed by atoms with E-state index in [0.717, 1.165) is 10.0 Å². The smallest absolute Gasteiger partial charge is 0.296 e. The Hall–Kier alpha value is -2.54. The first kappa shape index (κ1) is 13.4. The fourth-order valence-corrected chi connectivity index (χ4v) is 2.41. The first-order valence-electron chi connectivity index (χ1n) is 5.98. The molecule has 104 valence electrons. The molecule has 2 heterocycles. The van der Waals surface area contributed by atoms with E-state index in [1.165, 1.54) is 16.5 Å². The van der Waals surface area contributed by atoms with Gasteiger partial charge < -0.3 is 0 Å². The number of nitrogens with zero attached hydrogens (tertiary/aromatic N) is 3. The summed E-state index contributed by atoms with van der Waals surface area (Å²) >= 11 is 3.33. The molecule has 2 aromatic heterocycles. The number of aldehydes is 1. The Morgan fingerprint density at radius 2 is 1.95 bits per heavy atom. The average Bonchev–Trinajstić information content (AvgIpc) is 2.86. The second-order valence-electron chi connectivity index (χ2n) is 4.31. The van der Waals surface area contributed by atoms with Crippen LogP contribution in [0.1, 0.15) is 10.5 Å². The molecular weight excluding hydrogens is 338 g/mol. The largest absolute Gasteiger partial charge is 0.312 e. The van der Waals surface area contributed by atoms with E-state index in [0.29, 0.717) is 12.0 Å². The zero-order valence-electron chi connectivity index (χ0n) is 10.6. The Morgan fingerprint density at radius 3 is 2.57 bits per heavy atom. The summed E-state index contributed by atoms with van der Waals surface area (Å²) in [5, 5.41) is 11.1. The number of halogens is 1. The van der Waals surface area contributed by atoms with Crippen molar-refractivity contribution in [1.82, 2.24) is 9.38 Å². The van der Waals surface area contributed by atoms with Crippen LogP contribution < -0.4 is 0 Å². The number of benzene rings is 1. The van der Waals surface area contributed by atoms with Crippen LogP contribution >= 0.6 is 15.9 Å². The molecule has 1 aromatic carbocycles. The van der Waals surface area contributed by atoms with Gasteiger partial charge in [0.1, 0.15) is 11.4 Å². The molecule has 0 bridgehead atoms. The zero-order chi connectivity index (χ0) is 15.0. The van der Waals surface area contributed by atoms with Gasteiger partial charge in [0, 0.05) is 22.3 Å². The SMILES string of the molecule is O=Cc1c(-c2ccc(Br)cc2)nc2c([N+](=O)[O-])cccn12. The second-order valence-corrected chi connectivity index (χ2v) is 5.23. The summed E-state index contributed by atoms with van der Waals surface area (Å²) in [6.07, 6.45) is 2.24. The Balaban J connectivity index is 2.33. The molecule has 0 spiro atoms. The number of carbonyl (C=O) groups is 1. The van der Waals surface area contributed by atoms with Crippen LogP contribution in [-0.2, 0) is 0 Å². The predicted octanol–water partition coefficient (Wildman–Crippen LogP) is 3.48. The summed E-state index contributed by atoms with van der Waals surface area (Å²) in [5.74, 6) is 0. The van der Waals surface area contributed by atoms with Crippen LogP contribution in [0.5, 0.6) is 0 Å². The van der Waals surface area contributed by atoms with E-state index in [4.69, 9.17) is 0 Å². The Kier molecular flexibility index (Phi) is 3.26. The van der Waals surface area contributed by atoms with E-state index in [1.54, 1.807) is 18.3 Å². The van der Waals surface area contributed by atoms with E-state index in [1.807, 2.05) is 12.1 Å². The van der Waals surface area contributed by atoms with Crippen LogP contribution in [0.4, 0.5) is 5.69 Å². The van der Waals surface area contributed by atoms with Gasteiger partial charge in [0.2, 0.25) is 5.65 Å². The standard InChI is InChI=1S/C14H8BrN3O3/c15-10-5-3-9(4-6-10)13-12(8-19)17-7-1-2-11(18(20)21)14(17)16-13/h1-8H. The highest BCUT2D eigenvalue weighted by Gasteiger charge is 2.20. The minimum absolute atomic E-state index is 0.135. The molecule has 0 aliphatic carbocycles. The maximum absolute atomic E-state index is 11.4. The third-order valence-electron chi connectivity index (χ3n) is 3.09. The van der Waals surface area contributed by atoms with Gasteiger partial charge in [-0.3, -0.25) is 19.3 Å². The maximum Gasteiger partial charge on any atom is 0.312 e. The van der Waals surface area contributed by atoms with Gasteiger partial charge in [-0.2, -0.15) is 0 Å². The van der Waals surface area contributed by atoms with Gasteiger partial charge in [0.25, 0.3) is 0 Å². The molecule has 0 aliphatic heterocycles. The van der Waals surface area contributed by atoms with Gasteiger partial charge >= 0.3 is 5.69 Å². The fraction of sp³-hybridized carbons (Fsp3) is 0. The first-order valence-corrected chi connectivity index (χ1v) is 6.77.